The minimum absolute atomic E-state index is 0.0676. The Morgan fingerprint density at radius 3 is 2.38 bits per heavy atom. The Morgan fingerprint density at radius 1 is 1.03 bits per heavy atom. The predicted octanol–water partition coefficient (Wildman–Crippen LogP) is 6.61. The summed E-state index contributed by atoms with van der Waals surface area (Å²) in [4.78, 5) is 26.6. The van der Waals surface area contributed by atoms with Gasteiger partial charge >= 0.3 is 0 Å². The van der Waals surface area contributed by atoms with Crippen molar-refractivity contribution in [3.05, 3.63) is 98.7 Å². The highest BCUT2D eigenvalue weighted by atomic mass is 35.5. The molecular weight excluding hydrogens is 477 g/mol. The highest BCUT2D eigenvalue weighted by Gasteiger charge is 2.35. The summed E-state index contributed by atoms with van der Waals surface area (Å²) in [6.45, 7) is 2.40. The van der Waals surface area contributed by atoms with Crippen molar-refractivity contribution < 1.29 is 23.5 Å². The van der Waals surface area contributed by atoms with Gasteiger partial charge in [0.05, 0.1) is 23.6 Å². The second kappa shape index (κ2) is 10.3. The molecule has 0 bridgehead atoms. The van der Waals surface area contributed by atoms with Crippen LogP contribution < -0.4 is 9.47 Å². The smallest absolute Gasteiger partial charge is 0.293 e. The van der Waals surface area contributed by atoms with E-state index in [0.29, 0.717) is 34.3 Å². The molecule has 0 atom stereocenters. The summed E-state index contributed by atoms with van der Waals surface area (Å²) >= 11 is 7.31. The molecule has 1 heterocycles. The van der Waals surface area contributed by atoms with Gasteiger partial charge in [0.2, 0.25) is 0 Å². The Kier molecular flexibility index (Phi) is 7.24. The van der Waals surface area contributed by atoms with Gasteiger partial charge in [0.15, 0.2) is 11.5 Å². The van der Waals surface area contributed by atoms with Crippen LogP contribution in [0, 0.1) is 12.7 Å². The van der Waals surface area contributed by atoms with Gasteiger partial charge in [-0.05, 0) is 65.7 Å². The SMILES string of the molecule is COc1cc(/C=C2\SC(=O)N(Cc3ccc(F)cc3)C2=O)cc(Cl)c1OCc1ccc(C)cc1. The average Bonchev–Trinajstić information content (AvgIpc) is 3.07. The quantitative estimate of drug-likeness (QED) is 0.344. The molecule has 3 aromatic rings. The van der Waals surface area contributed by atoms with Gasteiger partial charge in [0.25, 0.3) is 11.1 Å². The fourth-order valence-electron chi connectivity index (χ4n) is 3.36. The van der Waals surface area contributed by atoms with Crippen LogP contribution >= 0.6 is 23.4 Å². The molecule has 8 heteroatoms. The van der Waals surface area contributed by atoms with Crippen LogP contribution in [0.5, 0.6) is 11.5 Å². The number of hydrogen-bond donors (Lipinski definition) is 0. The van der Waals surface area contributed by atoms with Gasteiger partial charge in [-0.25, -0.2) is 4.39 Å². The molecule has 1 saturated heterocycles. The molecule has 0 N–H and O–H groups in total. The first-order chi connectivity index (χ1) is 16.3. The van der Waals surface area contributed by atoms with E-state index in [-0.39, 0.29) is 17.3 Å². The Balaban J connectivity index is 1.52. The van der Waals surface area contributed by atoms with E-state index < -0.39 is 11.1 Å². The molecule has 0 aliphatic carbocycles. The van der Waals surface area contributed by atoms with Crippen LogP contribution in [-0.2, 0) is 17.9 Å². The lowest BCUT2D eigenvalue weighted by atomic mass is 10.1. The Bertz CT molecular complexity index is 1260. The maximum atomic E-state index is 13.1. The molecule has 34 heavy (non-hydrogen) atoms. The number of benzene rings is 3. The van der Waals surface area contributed by atoms with E-state index in [1.807, 2.05) is 31.2 Å². The molecule has 0 unspecified atom stereocenters. The topological polar surface area (TPSA) is 55.8 Å². The van der Waals surface area contributed by atoms with Crippen molar-refractivity contribution in [1.82, 2.24) is 4.90 Å². The van der Waals surface area contributed by atoms with Crippen LogP contribution in [0.25, 0.3) is 6.08 Å². The largest absolute Gasteiger partial charge is 0.493 e. The molecule has 1 aliphatic rings. The van der Waals surface area contributed by atoms with Crippen LogP contribution in [0.4, 0.5) is 9.18 Å². The number of rotatable bonds is 7. The van der Waals surface area contributed by atoms with E-state index in [4.69, 9.17) is 21.1 Å². The number of thioether (sulfide) groups is 1. The van der Waals surface area contributed by atoms with E-state index in [9.17, 15) is 14.0 Å². The molecule has 2 amide bonds. The molecule has 0 spiro atoms. The molecule has 0 aromatic heterocycles. The molecule has 0 radical (unpaired) electrons. The summed E-state index contributed by atoms with van der Waals surface area (Å²) < 4.78 is 24.5. The first kappa shape index (κ1) is 23.9. The molecule has 5 nitrogen and oxygen atoms in total. The lowest BCUT2D eigenvalue weighted by molar-refractivity contribution is -0.123. The van der Waals surface area contributed by atoms with Gasteiger partial charge in [-0.15, -0.1) is 0 Å². The summed E-state index contributed by atoms with van der Waals surface area (Å²) in [5, 5.41) is -0.0695. The lowest BCUT2D eigenvalue weighted by Gasteiger charge is -2.14. The van der Waals surface area contributed by atoms with Crippen molar-refractivity contribution in [1.29, 1.82) is 0 Å². The number of hydrogen-bond acceptors (Lipinski definition) is 5. The third-order valence-electron chi connectivity index (χ3n) is 5.18. The summed E-state index contributed by atoms with van der Waals surface area (Å²) in [5.41, 5.74) is 3.40. The fraction of sp³-hybridized carbons (Fsp3) is 0.154. The maximum Gasteiger partial charge on any atom is 0.293 e. The fourth-order valence-corrected chi connectivity index (χ4v) is 4.48. The number of carbonyl (C=O) groups is 2. The summed E-state index contributed by atoms with van der Waals surface area (Å²) in [7, 11) is 1.50. The predicted molar refractivity (Wildman–Crippen MR) is 131 cm³/mol. The van der Waals surface area contributed by atoms with E-state index in [2.05, 4.69) is 0 Å². The van der Waals surface area contributed by atoms with Crippen LogP contribution in [0.1, 0.15) is 22.3 Å². The third kappa shape index (κ3) is 5.43. The van der Waals surface area contributed by atoms with Gasteiger partial charge in [-0.2, -0.15) is 0 Å². The molecule has 0 saturated carbocycles. The van der Waals surface area contributed by atoms with Crippen molar-refractivity contribution in [3.63, 3.8) is 0 Å². The lowest BCUT2D eigenvalue weighted by Crippen LogP contribution is -2.27. The van der Waals surface area contributed by atoms with Crippen LogP contribution in [0.2, 0.25) is 5.02 Å². The highest BCUT2D eigenvalue weighted by molar-refractivity contribution is 8.18. The molecule has 4 rings (SSSR count). The van der Waals surface area contributed by atoms with Crippen LogP contribution in [-0.4, -0.2) is 23.2 Å². The maximum absolute atomic E-state index is 13.1. The number of methoxy groups -OCH3 is 1. The van der Waals surface area contributed by atoms with Crippen molar-refractivity contribution in [2.75, 3.05) is 7.11 Å². The van der Waals surface area contributed by atoms with E-state index in [0.717, 1.165) is 27.8 Å². The van der Waals surface area contributed by atoms with Crippen LogP contribution in [0.15, 0.2) is 65.6 Å². The number of ether oxygens (including phenoxy) is 2. The Labute approximate surface area is 206 Å². The van der Waals surface area contributed by atoms with Crippen molar-refractivity contribution in [2.45, 2.75) is 20.1 Å². The standard InChI is InChI=1S/C26H21ClFNO4S/c1-16-3-5-18(6-4-16)15-33-24-21(27)11-19(12-22(24)32-2)13-23-25(30)29(26(31)34-23)14-17-7-9-20(28)10-8-17/h3-13H,14-15H2,1-2H3/b23-13-. The van der Waals surface area contributed by atoms with Crippen molar-refractivity contribution >= 4 is 40.6 Å². The number of nitrogens with zero attached hydrogens (tertiary/aromatic N) is 1. The number of halogens is 2. The zero-order valence-corrected chi connectivity index (χ0v) is 20.1. The average molecular weight is 498 g/mol. The molecule has 1 aliphatic heterocycles. The van der Waals surface area contributed by atoms with Gasteiger partial charge in [-0.3, -0.25) is 14.5 Å². The minimum atomic E-state index is -0.422. The van der Waals surface area contributed by atoms with Crippen LogP contribution in [0.3, 0.4) is 0 Å². The minimum Gasteiger partial charge on any atom is -0.493 e. The number of imide groups is 1. The van der Waals surface area contributed by atoms with E-state index in [1.165, 1.54) is 19.2 Å². The van der Waals surface area contributed by atoms with E-state index >= 15 is 0 Å². The Morgan fingerprint density at radius 2 is 1.71 bits per heavy atom. The monoisotopic (exact) mass is 497 g/mol. The third-order valence-corrected chi connectivity index (χ3v) is 6.37. The first-order valence-corrected chi connectivity index (χ1v) is 11.6. The molecule has 3 aromatic carbocycles. The van der Waals surface area contributed by atoms with Gasteiger partial charge in [0.1, 0.15) is 12.4 Å². The van der Waals surface area contributed by atoms with Gasteiger partial charge in [0, 0.05) is 0 Å². The van der Waals surface area contributed by atoms with Gasteiger partial charge in [-0.1, -0.05) is 53.6 Å². The van der Waals surface area contributed by atoms with Crippen molar-refractivity contribution in [2.24, 2.45) is 0 Å². The summed E-state index contributed by atoms with van der Waals surface area (Å²) in [6.07, 6.45) is 1.59. The second-order valence-corrected chi connectivity index (χ2v) is 9.10. The zero-order valence-electron chi connectivity index (χ0n) is 18.5. The summed E-state index contributed by atoms with van der Waals surface area (Å²) in [5.74, 6) is 0.00623. The zero-order chi connectivity index (χ0) is 24.2. The molecule has 174 valence electrons. The van der Waals surface area contributed by atoms with E-state index in [1.54, 1.807) is 30.3 Å². The highest BCUT2D eigenvalue weighted by Crippen LogP contribution is 2.39. The number of amides is 2. The first-order valence-electron chi connectivity index (χ1n) is 10.4. The molecule has 1 fully saturated rings. The normalized spacial score (nSPS) is 14.7. The Hall–Kier alpha value is -3.29. The summed E-state index contributed by atoms with van der Waals surface area (Å²) in [6, 6.07) is 17.0. The number of aryl methyl sites for hydroxylation is 1. The molecular formula is C26H21ClFNO4S. The van der Waals surface area contributed by atoms with Gasteiger partial charge < -0.3 is 9.47 Å². The second-order valence-electron chi connectivity index (χ2n) is 7.70. The van der Waals surface area contributed by atoms with Crippen molar-refractivity contribution in [3.8, 4) is 11.5 Å². The number of carbonyl (C=O) groups excluding carboxylic acids is 2.